The van der Waals surface area contributed by atoms with Crippen LogP contribution < -0.4 is 0 Å². The van der Waals surface area contributed by atoms with Crippen molar-refractivity contribution in [2.45, 2.75) is 33.1 Å². The number of aryl methyl sites for hydroxylation is 1. The molecule has 0 radical (unpaired) electrons. The van der Waals surface area contributed by atoms with Crippen LogP contribution in [0, 0.1) is 0 Å². The lowest BCUT2D eigenvalue weighted by molar-refractivity contribution is 0.0982. The van der Waals surface area contributed by atoms with E-state index in [4.69, 9.17) is 0 Å². The first-order valence-corrected chi connectivity index (χ1v) is 5.26. The zero-order chi connectivity index (χ0) is 8.97. The molecule has 0 atom stereocenters. The van der Waals surface area contributed by atoms with Gasteiger partial charge in [-0.1, -0.05) is 13.8 Å². The smallest absolute Gasteiger partial charge is 0.163 e. The van der Waals surface area contributed by atoms with Crippen molar-refractivity contribution in [1.82, 2.24) is 0 Å². The molecule has 0 unspecified atom stereocenters. The molecule has 0 bridgehead atoms. The van der Waals surface area contributed by atoms with E-state index in [9.17, 15) is 4.79 Å². The number of hydrogen-bond acceptors (Lipinski definition) is 2. The van der Waals surface area contributed by atoms with E-state index in [0.29, 0.717) is 6.42 Å². The van der Waals surface area contributed by atoms with Crippen LogP contribution in [0.1, 0.15) is 41.9 Å². The molecular formula is C10H14OS. The van der Waals surface area contributed by atoms with Crippen LogP contribution in [0.2, 0.25) is 0 Å². The number of thiophene rings is 1. The molecule has 66 valence electrons. The highest BCUT2D eigenvalue weighted by Gasteiger charge is 2.06. The van der Waals surface area contributed by atoms with Crippen molar-refractivity contribution in [1.29, 1.82) is 0 Å². The second kappa shape index (κ2) is 4.41. The highest BCUT2D eigenvalue weighted by molar-refractivity contribution is 7.10. The molecule has 1 heterocycles. The summed E-state index contributed by atoms with van der Waals surface area (Å²) < 4.78 is 0. The monoisotopic (exact) mass is 182 g/mol. The summed E-state index contributed by atoms with van der Waals surface area (Å²) in [4.78, 5) is 12.7. The lowest BCUT2D eigenvalue weighted by Crippen LogP contribution is -1.94. The zero-order valence-electron chi connectivity index (χ0n) is 7.59. The molecule has 0 saturated heterocycles. The summed E-state index contributed by atoms with van der Waals surface area (Å²) in [5.74, 6) is 0.286. The van der Waals surface area contributed by atoms with Crippen LogP contribution in [0.3, 0.4) is 0 Å². The normalized spacial score (nSPS) is 10.2. The number of carbonyl (C=O) groups excluding carboxylic acids is 1. The van der Waals surface area contributed by atoms with Gasteiger partial charge in [0.2, 0.25) is 0 Å². The standard InChI is InChI=1S/C10H14OS/c1-3-5-10(11)8-6-9(4-2)12-7-8/h6-7H,3-5H2,1-2H3. The van der Waals surface area contributed by atoms with E-state index in [1.807, 2.05) is 18.4 Å². The summed E-state index contributed by atoms with van der Waals surface area (Å²) >= 11 is 1.68. The second-order valence-electron chi connectivity index (χ2n) is 2.83. The number of ketones is 1. The number of hydrogen-bond donors (Lipinski definition) is 0. The van der Waals surface area contributed by atoms with Crippen molar-refractivity contribution in [2.75, 3.05) is 0 Å². The molecule has 1 aromatic heterocycles. The van der Waals surface area contributed by atoms with Crippen molar-refractivity contribution in [3.05, 3.63) is 21.9 Å². The van der Waals surface area contributed by atoms with Crippen LogP contribution in [-0.4, -0.2) is 5.78 Å². The average Bonchev–Trinajstić information content (AvgIpc) is 2.52. The SMILES string of the molecule is CCCC(=O)c1csc(CC)c1. The van der Waals surface area contributed by atoms with Crippen LogP contribution in [-0.2, 0) is 6.42 Å². The maximum absolute atomic E-state index is 11.4. The maximum Gasteiger partial charge on any atom is 0.163 e. The molecule has 0 aromatic carbocycles. The summed E-state index contributed by atoms with van der Waals surface area (Å²) in [6, 6.07) is 2.02. The third-order valence-electron chi connectivity index (χ3n) is 1.80. The molecule has 0 amide bonds. The highest BCUT2D eigenvalue weighted by Crippen LogP contribution is 2.16. The predicted octanol–water partition coefficient (Wildman–Crippen LogP) is 3.29. The van der Waals surface area contributed by atoms with Gasteiger partial charge in [-0.2, -0.15) is 0 Å². The molecular weight excluding hydrogens is 168 g/mol. The molecule has 0 spiro atoms. The minimum atomic E-state index is 0.286. The summed E-state index contributed by atoms with van der Waals surface area (Å²) in [6.07, 6.45) is 2.65. The Kier molecular flexibility index (Phi) is 3.48. The zero-order valence-corrected chi connectivity index (χ0v) is 8.41. The third kappa shape index (κ3) is 2.18. The molecule has 1 rings (SSSR count). The fraction of sp³-hybridized carbons (Fsp3) is 0.500. The van der Waals surface area contributed by atoms with Gasteiger partial charge in [0.15, 0.2) is 5.78 Å². The Balaban J connectivity index is 2.68. The molecule has 1 nitrogen and oxygen atoms in total. The molecule has 12 heavy (non-hydrogen) atoms. The fourth-order valence-electron chi connectivity index (χ4n) is 1.08. The van der Waals surface area contributed by atoms with Gasteiger partial charge in [-0.15, -0.1) is 11.3 Å². The van der Waals surface area contributed by atoms with Crippen molar-refractivity contribution in [3.63, 3.8) is 0 Å². The highest BCUT2D eigenvalue weighted by atomic mass is 32.1. The van der Waals surface area contributed by atoms with Crippen LogP contribution in [0.25, 0.3) is 0 Å². The summed E-state index contributed by atoms with van der Waals surface area (Å²) in [7, 11) is 0. The van der Waals surface area contributed by atoms with Crippen LogP contribution in [0.4, 0.5) is 0 Å². The van der Waals surface area contributed by atoms with Gasteiger partial charge in [-0.3, -0.25) is 4.79 Å². The van der Waals surface area contributed by atoms with Gasteiger partial charge in [-0.25, -0.2) is 0 Å². The molecule has 0 aliphatic carbocycles. The predicted molar refractivity (Wildman–Crippen MR) is 52.9 cm³/mol. The fourth-order valence-corrected chi connectivity index (χ4v) is 1.92. The molecule has 1 aromatic rings. The Morgan fingerprint density at radius 2 is 2.25 bits per heavy atom. The Bertz CT molecular complexity index is 263. The molecule has 0 saturated carbocycles. The minimum absolute atomic E-state index is 0.286. The quantitative estimate of drug-likeness (QED) is 0.653. The number of Topliss-reactive ketones (excluding diaryl/α,β-unsaturated/α-hetero) is 1. The lowest BCUT2D eigenvalue weighted by atomic mass is 10.1. The van der Waals surface area contributed by atoms with E-state index in [-0.39, 0.29) is 5.78 Å². The van der Waals surface area contributed by atoms with Crippen molar-refractivity contribution < 1.29 is 4.79 Å². The summed E-state index contributed by atoms with van der Waals surface area (Å²) in [6.45, 7) is 4.14. The van der Waals surface area contributed by atoms with Crippen molar-refractivity contribution in [3.8, 4) is 0 Å². The molecule has 2 heteroatoms. The van der Waals surface area contributed by atoms with Gasteiger partial charge in [-0.05, 0) is 18.9 Å². The molecule has 0 aliphatic heterocycles. The number of carbonyl (C=O) groups is 1. The van der Waals surface area contributed by atoms with E-state index >= 15 is 0 Å². The Morgan fingerprint density at radius 1 is 1.50 bits per heavy atom. The van der Waals surface area contributed by atoms with Gasteiger partial charge < -0.3 is 0 Å². The van der Waals surface area contributed by atoms with Crippen molar-refractivity contribution >= 4 is 17.1 Å². The molecule has 0 fully saturated rings. The topological polar surface area (TPSA) is 17.1 Å². The first-order chi connectivity index (χ1) is 5.77. The largest absolute Gasteiger partial charge is 0.294 e. The molecule has 0 N–H and O–H groups in total. The van der Waals surface area contributed by atoms with Gasteiger partial charge in [0.1, 0.15) is 0 Å². The van der Waals surface area contributed by atoms with E-state index in [1.165, 1.54) is 4.88 Å². The van der Waals surface area contributed by atoms with Gasteiger partial charge in [0.25, 0.3) is 0 Å². The third-order valence-corrected chi connectivity index (χ3v) is 2.88. The van der Waals surface area contributed by atoms with Crippen molar-refractivity contribution in [2.24, 2.45) is 0 Å². The first kappa shape index (κ1) is 9.46. The lowest BCUT2D eigenvalue weighted by Gasteiger charge is -1.91. The van der Waals surface area contributed by atoms with E-state index < -0.39 is 0 Å². The molecule has 0 aliphatic rings. The van der Waals surface area contributed by atoms with Gasteiger partial charge in [0, 0.05) is 22.2 Å². The summed E-state index contributed by atoms with van der Waals surface area (Å²) in [5.41, 5.74) is 0.902. The number of rotatable bonds is 4. The van der Waals surface area contributed by atoms with Crippen LogP contribution in [0.5, 0.6) is 0 Å². The van der Waals surface area contributed by atoms with E-state index in [1.54, 1.807) is 11.3 Å². The van der Waals surface area contributed by atoms with Crippen LogP contribution >= 0.6 is 11.3 Å². The Labute approximate surface area is 77.4 Å². The van der Waals surface area contributed by atoms with Crippen LogP contribution in [0.15, 0.2) is 11.4 Å². The van der Waals surface area contributed by atoms with Gasteiger partial charge in [0.05, 0.1) is 0 Å². The first-order valence-electron chi connectivity index (χ1n) is 4.38. The van der Waals surface area contributed by atoms with E-state index in [2.05, 4.69) is 6.92 Å². The van der Waals surface area contributed by atoms with Gasteiger partial charge >= 0.3 is 0 Å². The van der Waals surface area contributed by atoms with E-state index in [0.717, 1.165) is 18.4 Å². The average molecular weight is 182 g/mol. The Hall–Kier alpha value is -0.630. The second-order valence-corrected chi connectivity index (χ2v) is 3.82. The minimum Gasteiger partial charge on any atom is -0.294 e. The Morgan fingerprint density at radius 3 is 2.75 bits per heavy atom. The maximum atomic E-state index is 11.4. The summed E-state index contributed by atoms with van der Waals surface area (Å²) in [5, 5.41) is 1.97.